The van der Waals surface area contributed by atoms with Gasteiger partial charge in [-0.25, -0.2) is 10.2 Å². The molecule has 1 aromatic carbocycles. The minimum atomic E-state index is -0.490. The van der Waals surface area contributed by atoms with Crippen LogP contribution in [0.5, 0.6) is 11.5 Å². The van der Waals surface area contributed by atoms with Crippen LogP contribution < -0.4 is 20.2 Å². The highest BCUT2D eigenvalue weighted by molar-refractivity contribution is 7.16. The number of thiophene rings is 1. The Bertz CT molecular complexity index is 892. The molecule has 2 aromatic rings. The Kier molecular flexibility index (Phi) is 5.94. The quantitative estimate of drug-likeness (QED) is 0.607. The standard InChI is InChI=1S/C19H20N4O3S/c1-25-13-7-12(8-14(9-13)26-2)11-21-23-19(24)22-18-16(10-20)15-5-3-4-6-17(15)27-18/h7-9,11H,3-6H2,1-2H3,(H2,22,23,24)/b21-11+. The van der Waals surface area contributed by atoms with Crippen molar-refractivity contribution in [3.05, 3.63) is 39.8 Å². The number of urea groups is 1. The Labute approximate surface area is 161 Å². The van der Waals surface area contributed by atoms with Crippen molar-refractivity contribution >= 4 is 28.6 Å². The van der Waals surface area contributed by atoms with Crippen molar-refractivity contribution in [2.24, 2.45) is 5.10 Å². The van der Waals surface area contributed by atoms with E-state index in [0.717, 1.165) is 36.8 Å². The minimum absolute atomic E-state index is 0.490. The van der Waals surface area contributed by atoms with E-state index in [4.69, 9.17) is 9.47 Å². The molecule has 0 fully saturated rings. The molecule has 0 atom stereocenters. The van der Waals surface area contributed by atoms with Crippen molar-refractivity contribution in [2.75, 3.05) is 19.5 Å². The van der Waals surface area contributed by atoms with Crippen LogP contribution in [0.2, 0.25) is 0 Å². The summed E-state index contributed by atoms with van der Waals surface area (Å²) >= 11 is 1.48. The largest absolute Gasteiger partial charge is 0.497 e. The van der Waals surface area contributed by atoms with E-state index >= 15 is 0 Å². The molecule has 0 aliphatic heterocycles. The van der Waals surface area contributed by atoms with Crippen molar-refractivity contribution in [2.45, 2.75) is 25.7 Å². The number of ether oxygens (including phenoxy) is 2. The van der Waals surface area contributed by atoms with E-state index in [0.29, 0.717) is 22.1 Å². The Morgan fingerprint density at radius 3 is 2.59 bits per heavy atom. The van der Waals surface area contributed by atoms with Crippen molar-refractivity contribution in [3.63, 3.8) is 0 Å². The van der Waals surface area contributed by atoms with E-state index in [1.807, 2.05) is 0 Å². The zero-order valence-corrected chi connectivity index (χ0v) is 16.0. The number of fused-ring (bicyclic) bond motifs is 1. The van der Waals surface area contributed by atoms with Crippen molar-refractivity contribution < 1.29 is 14.3 Å². The monoisotopic (exact) mass is 384 g/mol. The zero-order valence-electron chi connectivity index (χ0n) is 15.2. The number of carbonyl (C=O) groups is 1. The van der Waals surface area contributed by atoms with Crippen LogP contribution in [-0.4, -0.2) is 26.5 Å². The van der Waals surface area contributed by atoms with Gasteiger partial charge in [0.15, 0.2) is 0 Å². The molecule has 0 bridgehead atoms. The molecule has 1 aliphatic rings. The van der Waals surface area contributed by atoms with Crippen molar-refractivity contribution in [3.8, 4) is 17.6 Å². The molecule has 1 aromatic heterocycles. The summed E-state index contributed by atoms with van der Waals surface area (Å²) in [7, 11) is 3.13. The molecule has 140 valence electrons. The second-order valence-electron chi connectivity index (χ2n) is 6.00. The highest BCUT2D eigenvalue weighted by atomic mass is 32.1. The number of methoxy groups -OCH3 is 2. The Morgan fingerprint density at radius 1 is 1.22 bits per heavy atom. The van der Waals surface area contributed by atoms with Gasteiger partial charge in [-0.05, 0) is 43.4 Å². The molecule has 0 saturated carbocycles. The smallest absolute Gasteiger partial charge is 0.340 e. The van der Waals surface area contributed by atoms with E-state index < -0.39 is 6.03 Å². The number of aryl methyl sites for hydroxylation is 1. The highest BCUT2D eigenvalue weighted by Crippen LogP contribution is 2.37. The molecular weight excluding hydrogens is 364 g/mol. The highest BCUT2D eigenvalue weighted by Gasteiger charge is 2.21. The summed E-state index contributed by atoms with van der Waals surface area (Å²) < 4.78 is 10.4. The molecule has 8 heteroatoms. The number of hydrogen-bond donors (Lipinski definition) is 2. The zero-order chi connectivity index (χ0) is 19.2. The molecule has 2 amide bonds. The summed E-state index contributed by atoms with van der Waals surface area (Å²) in [6.07, 6.45) is 5.56. The third-order valence-electron chi connectivity index (χ3n) is 4.26. The molecule has 7 nitrogen and oxygen atoms in total. The predicted octanol–water partition coefficient (Wildman–Crippen LogP) is 3.67. The normalized spacial score (nSPS) is 12.9. The molecule has 0 spiro atoms. The molecular formula is C19H20N4O3S. The van der Waals surface area contributed by atoms with Crippen LogP contribution in [0.1, 0.15) is 34.4 Å². The molecule has 3 rings (SSSR count). The number of nitriles is 1. The van der Waals surface area contributed by atoms with Crippen LogP contribution in [0.15, 0.2) is 23.3 Å². The molecule has 0 unspecified atom stereocenters. The maximum Gasteiger partial charge on any atom is 0.340 e. The van der Waals surface area contributed by atoms with Gasteiger partial charge in [0.25, 0.3) is 0 Å². The predicted molar refractivity (Wildman–Crippen MR) is 105 cm³/mol. The molecule has 0 radical (unpaired) electrons. The second-order valence-corrected chi connectivity index (χ2v) is 7.10. The van der Waals surface area contributed by atoms with Crippen LogP contribution in [0.4, 0.5) is 9.80 Å². The summed E-state index contributed by atoms with van der Waals surface area (Å²) in [5, 5.41) is 16.7. The van der Waals surface area contributed by atoms with Gasteiger partial charge in [-0.1, -0.05) is 0 Å². The summed E-state index contributed by atoms with van der Waals surface area (Å²) in [5.41, 5.74) is 4.79. The SMILES string of the molecule is COc1cc(/C=N/NC(=O)Nc2sc3c(c2C#N)CCCC3)cc(OC)c1. The molecule has 0 saturated heterocycles. The number of amides is 2. The summed E-state index contributed by atoms with van der Waals surface area (Å²) in [4.78, 5) is 13.3. The maximum atomic E-state index is 12.1. The van der Waals surface area contributed by atoms with Crippen LogP contribution in [0, 0.1) is 11.3 Å². The van der Waals surface area contributed by atoms with Gasteiger partial charge in [0, 0.05) is 16.5 Å². The van der Waals surface area contributed by atoms with Crippen molar-refractivity contribution in [1.29, 1.82) is 5.26 Å². The summed E-state index contributed by atoms with van der Waals surface area (Å²) in [5.74, 6) is 1.26. The average molecular weight is 384 g/mol. The molecule has 1 aliphatic carbocycles. The van der Waals surface area contributed by atoms with Crippen LogP contribution in [-0.2, 0) is 12.8 Å². The van der Waals surface area contributed by atoms with Crippen LogP contribution in [0.25, 0.3) is 0 Å². The van der Waals surface area contributed by atoms with Crippen LogP contribution in [0.3, 0.4) is 0 Å². The number of anilines is 1. The molecule has 1 heterocycles. The van der Waals surface area contributed by atoms with Gasteiger partial charge in [0.1, 0.15) is 22.6 Å². The molecule has 27 heavy (non-hydrogen) atoms. The van der Waals surface area contributed by atoms with Gasteiger partial charge < -0.3 is 9.47 Å². The van der Waals surface area contributed by atoms with Gasteiger partial charge in [0.05, 0.1) is 26.0 Å². The lowest BCUT2D eigenvalue weighted by atomic mass is 9.96. The third-order valence-corrected chi connectivity index (χ3v) is 5.47. The number of nitrogens with one attached hydrogen (secondary N) is 2. The van der Waals surface area contributed by atoms with Gasteiger partial charge in [-0.2, -0.15) is 10.4 Å². The van der Waals surface area contributed by atoms with Gasteiger partial charge in [0.2, 0.25) is 0 Å². The number of benzene rings is 1. The first-order chi connectivity index (χ1) is 13.1. The van der Waals surface area contributed by atoms with Crippen LogP contribution >= 0.6 is 11.3 Å². The second kappa shape index (κ2) is 8.56. The van der Waals surface area contributed by atoms with E-state index in [2.05, 4.69) is 21.9 Å². The van der Waals surface area contributed by atoms with Gasteiger partial charge in [-0.15, -0.1) is 11.3 Å². The number of carbonyl (C=O) groups excluding carboxylic acids is 1. The van der Waals surface area contributed by atoms with E-state index in [1.54, 1.807) is 32.4 Å². The summed E-state index contributed by atoms with van der Waals surface area (Å²) in [6.45, 7) is 0. The fraction of sp³-hybridized carbons (Fsp3) is 0.316. The number of rotatable bonds is 5. The first-order valence-electron chi connectivity index (χ1n) is 8.52. The Balaban J connectivity index is 1.66. The van der Waals surface area contributed by atoms with Crippen molar-refractivity contribution in [1.82, 2.24) is 5.43 Å². The summed E-state index contributed by atoms with van der Waals surface area (Å²) in [6, 6.07) is 7.02. The number of nitrogens with zero attached hydrogens (tertiary/aromatic N) is 2. The third kappa shape index (κ3) is 4.38. The fourth-order valence-electron chi connectivity index (χ4n) is 2.97. The maximum absolute atomic E-state index is 12.1. The Hall–Kier alpha value is -3.05. The molecule has 2 N–H and O–H groups in total. The lowest BCUT2D eigenvalue weighted by Crippen LogP contribution is -2.24. The van der Waals surface area contributed by atoms with Gasteiger partial charge >= 0.3 is 6.03 Å². The van der Waals surface area contributed by atoms with E-state index in [-0.39, 0.29) is 0 Å². The number of hydrogen-bond acceptors (Lipinski definition) is 6. The van der Waals surface area contributed by atoms with E-state index in [9.17, 15) is 10.1 Å². The number of hydrazone groups is 1. The lowest BCUT2D eigenvalue weighted by molar-refractivity contribution is 0.252. The Morgan fingerprint density at radius 2 is 1.93 bits per heavy atom. The fourth-order valence-corrected chi connectivity index (χ4v) is 4.21. The average Bonchev–Trinajstić information content (AvgIpc) is 3.04. The minimum Gasteiger partial charge on any atom is -0.497 e. The lowest BCUT2D eigenvalue weighted by Gasteiger charge is -2.09. The first-order valence-corrected chi connectivity index (χ1v) is 9.34. The van der Waals surface area contributed by atoms with E-state index in [1.165, 1.54) is 22.4 Å². The first kappa shape index (κ1) is 18.7. The van der Waals surface area contributed by atoms with Gasteiger partial charge in [-0.3, -0.25) is 5.32 Å². The topological polar surface area (TPSA) is 95.7 Å².